The molecule has 1 aromatic carbocycles. The van der Waals surface area contributed by atoms with Crippen LogP contribution in [0.3, 0.4) is 0 Å². The van der Waals surface area contributed by atoms with Gasteiger partial charge in [-0.15, -0.1) is 0 Å². The third-order valence-corrected chi connectivity index (χ3v) is 4.17. The topological polar surface area (TPSA) is 50.1 Å². The molecule has 0 aliphatic heterocycles. The molecule has 3 rings (SSSR count). The predicted octanol–water partition coefficient (Wildman–Crippen LogP) is 2.56. The summed E-state index contributed by atoms with van der Waals surface area (Å²) in [6.45, 7) is 1.59. The van der Waals surface area contributed by atoms with E-state index in [-0.39, 0.29) is 6.61 Å². The molecule has 1 heterocycles. The van der Waals surface area contributed by atoms with Crippen LogP contribution >= 0.6 is 0 Å². The van der Waals surface area contributed by atoms with E-state index in [1.165, 1.54) is 23.2 Å². The molecule has 2 N–H and O–H groups in total. The lowest BCUT2D eigenvalue weighted by molar-refractivity contribution is 0.266. The lowest BCUT2D eigenvalue weighted by Gasteiger charge is -2.23. The van der Waals surface area contributed by atoms with Gasteiger partial charge in [-0.3, -0.25) is 4.68 Å². The summed E-state index contributed by atoms with van der Waals surface area (Å²) in [4.78, 5) is 0. The first-order valence-electron chi connectivity index (χ1n) is 7.99. The maximum Gasteiger partial charge on any atom is 0.0644 e. The van der Waals surface area contributed by atoms with Gasteiger partial charge in [-0.25, -0.2) is 0 Å². The van der Waals surface area contributed by atoms with Crippen LogP contribution in [0.25, 0.3) is 6.08 Å². The van der Waals surface area contributed by atoms with Crippen molar-refractivity contribution in [2.75, 3.05) is 13.2 Å². The van der Waals surface area contributed by atoms with Gasteiger partial charge in [-0.1, -0.05) is 42.5 Å². The van der Waals surface area contributed by atoms with E-state index in [9.17, 15) is 0 Å². The summed E-state index contributed by atoms with van der Waals surface area (Å²) in [5, 5.41) is 17.1. The molecule has 1 atom stereocenters. The van der Waals surface area contributed by atoms with Crippen LogP contribution in [0.15, 0.2) is 42.6 Å². The van der Waals surface area contributed by atoms with Crippen LogP contribution in [0.5, 0.6) is 0 Å². The highest BCUT2D eigenvalue weighted by Gasteiger charge is 2.23. The average molecular weight is 297 g/mol. The minimum atomic E-state index is 0.145. The van der Waals surface area contributed by atoms with Crippen molar-refractivity contribution in [3.63, 3.8) is 0 Å². The molecule has 1 aromatic heterocycles. The SMILES string of the molecule is OCCn1ncc2c1CCCC2NCC=Cc1ccccc1. The number of aliphatic hydroxyl groups excluding tert-OH is 1. The molecule has 1 unspecified atom stereocenters. The van der Waals surface area contributed by atoms with E-state index < -0.39 is 0 Å². The largest absolute Gasteiger partial charge is 0.394 e. The molecule has 0 saturated carbocycles. The van der Waals surface area contributed by atoms with Gasteiger partial charge in [0, 0.05) is 23.8 Å². The summed E-state index contributed by atoms with van der Waals surface area (Å²) in [7, 11) is 0. The molecule has 0 saturated heterocycles. The first-order valence-corrected chi connectivity index (χ1v) is 7.99. The minimum Gasteiger partial charge on any atom is -0.394 e. The quantitative estimate of drug-likeness (QED) is 0.861. The Morgan fingerprint density at radius 2 is 2.18 bits per heavy atom. The molecule has 4 nitrogen and oxygen atoms in total. The standard InChI is InChI=1S/C18H23N3O/c22-13-12-21-18-10-4-9-17(16(18)14-20-21)19-11-5-8-15-6-2-1-3-7-15/h1-3,5-8,14,17,19,22H,4,9-13H2. The highest BCUT2D eigenvalue weighted by Crippen LogP contribution is 2.29. The highest BCUT2D eigenvalue weighted by atomic mass is 16.3. The minimum absolute atomic E-state index is 0.145. The molecular weight excluding hydrogens is 274 g/mol. The molecule has 1 aliphatic carbocycles. The van der Waals surface area contributed by atoms with Crippen LogP contribution in [0.1, 0.15) is 35.7 Å². The van der Waals surface area contributed by atoms with Crippen molar-refractivity contribution in [2.45, 2.75) is 31.8 Å². The number of aromatic nitrogens is 2. The van der Waals surface area contributed by atoms with E-state index in [1.54, 1.807) is 0 Å². The van der Waals surface area contributed by atoms with Gasteiger partial charge in [0.05, 0.1) is 19.3 Å². The van der Waals surface area contributed by atoms with Crippen LogP contribution < -0.4 is 5.32 Å². The van der Waals surface area contributed by atoms with Crippen LogP contribution in [-0.2, 0) is 13.0 Å². The second-order valence-corrected chi connectivity index (χ2v) is 5.66. The second-order valence-electron chi connectivity index (χ2n) is 5.66. The fourth-order valence-corrected chi connectivity index (χ4v) is 3.09. The van der Waals surface area contributed by atoms with Crippen molar-refractivity contribution in [3.8, 4) is 0 Å². The van der Waals surface area contributed by atoms with E-state index in [4.69, 9.17) is 5.11 Å². The smallest absolute Gasteiger partial charge is 0.0644 e. The Morgan fingerprint density at radius 3 is 3.00 bits per heavy atom. The summed E-state index contributed by atoms with van der Waals surface area (Å²) in [6.07, 6.45) is 9.66. The van der Waals surface area contributed by atoms with Crippen molar-refractivity contribution in [3.05, 3.63) is 59.4 Å². The Morgan fingerprint density at radius 1 is 1.32 bits per heavy atom. The summed E-state index contributed by atoms with van der Waals surface area (Å²) < 4.78 is 1.95. The molecule has 0 fully saturated rings. The highest BCUT2D eigenvalue weighted by molar-refractivity contribution is 5.48. The fraction of sp³-hybridized carbons (Fsp3) is 0.389. The van der Waals surface area contributed by atoms with Gasteiger partial charge in [0.25, 0.3) is 0 Å². The summed E-state index contributed by atoms with van der Waals surface area (Å²) in [5.74, 6) is 0. The zero-order valence-corrected chi connectivity index (χ0v) is 12.8. The predicted molar refractivity (Wildman–Crippen MR) is 88.5 cm³/mol. The summed E-state index contributed by atoms with van der Waals surface area (Å²) in [6, 6.07) is 10.7. The number of nitrogens with zero attached hydrogens (tertiary/aromatic N) is 2. The lowest BCUT2D eigenvalue weighted by atomic mass is 9.93. The average Bonchev–Trinajstić information content (AvgIpc) is 2.97. The van der Waals surface area contributed by atoms with Gasteiger partial charge in [0.2, 0.25) is 0 Å². The Bertz CT molecular complexity index is 619. The Kier molecular flexibility index (Phi) is 5.03. The van der Waals surface area contributed by atoms with E-state index >= 15 is 0 Å². The van der Waals surface area contributed by atoms with Crippen molar-refractivity contribution in [1.29, 1.82) is 0 Å². The van der Waals surface area contributed by atoms with Crippen LogP contribution in [0, 0.1) is 0 Å². The van der Waals surface area contributed by atoms with Gasteiger partial charge >= 0.3 is 0 Å². The van der Waals surface area contributed by atoms with Crippen molar-refractivity contribution in [1.82, 2.24) is 15.1 Å². The number of benzene rings is 1. The van der Waals surface area contributed by atoms with Gasteiger partial charge in [-0.2, -0.15) is 5.10 Å². The van der Waals surface area contributed by atoms with Gasteiger partial charge < -0.3 is 10.4 Å². The first kappa shape index (κ1) is 15.0. The van der Waals surface area contributed by atoms with Crippen LogP contribution in [-0.4, -0.2) is 28.0 Å². The summed E-state index contributed by atoms with van der Waals surface area (Å²) in [5.41, 5.74) is 3.81. The normalized spacial score (nSPS) is 17.8. The maximum absolute atomic E-state index is 9.10. The Hall–Kier alpha value is -1.91. The monoisotopic (exact) mass is 297 g/mol. The molecule has 1 aliphatic rings. The van der Waals surface area contributed by atoms with Gasteiger partial charge in [-0.05, 0) is 24.8 Å². The third-order valence-electron chi connectivity index (χ3n) is 4.17. The van der Waals surface area contributed by atoms with Crippen LogP contribution in [0.2, 0.25) is 0 Å². The van der Waals surface area contributed by atoms with E-state index in [1.807, 2.05) is 16.9 Å². The van der Waals surface area contributed by atoms with Gasteiger partial charge in [0.1, 0.15) is 0 Å². The molecular formula is C18H23N3O. The van der Waals surface area contributed by atoms with Crippen molar-refractivity contribution >= 4 is 6.08 Å². The van der Waals surface area contributed by atoms with Crippen LogP contribution in [0.4, 0.5) is 0 Å². The number of rotatable bonds is 6. The molecule has 0 amide bonds. The van der Waals surface area contributed by atoms with Crippen molar-refractivity contribution in [2.24, 2.45) is 0 Å². The second kappa shape index (κ2) is 7.38. The van der Waals surface area contributed by atoms with Gasteiger partial charge in [0.15, 0.2) is 0 Å². The number of hydrogen-bond donors (Lipinski definition) is 2. The fourth-order valence-electron chi connectivity index (χ4n) is 3.09. The molecule has 4 heteroatoms. The molecule has 116 valence electrons. The zero-order valence-electron chi connectivity index (χ0n) is 12.8. The molecule has 0 radical (unpaired) electrons. The molecule has 22 heavy (non-hydrogen) atoms. The first-order chi connectivity index (χ1) is 10.9. The number of fused-ring (bicyclic) bond motifs is 1. The van der Waals surface area contributed by atoms with E-state index in [0.29, 0.717) is 12.6 Å². The summed E-state index contributed by atoms with van der Waals surface area (Å²) >= 11 is 0. The Labute approximate surface area is 131 Å². The van der Waals surface area contributed by atoms with E-state index in [2.05, 4.69) is 46.8 Å². The Balaban J connectivity index is 1.59. The molecule has 0 bridgehead atoms. The zero-order chi connectivity index (χ0) is 15.2. The third kappa shape index (κ3) is 3.46. The molecule has 0 spiro atoms. The molecule has 2 aromatic rings. The number of hydrogen-bond acceptors (Lipinski definition) is 3. The lowest BCUT2D eigenvalue weighted by Crippen LogP contribution is -2.25. The number of aliphatic hydroxyl groups is 1. The number of nitrogens with one attached hydrogen (secondary N) is 1. The maximum atomic E-state index is 9.10. The van der Waals surface area contributed by atoms with E-state index in [0.717, 1.165) is 19.4 Å². The van der Waals surface area contributed by atoms with Crippen molar-refractivity contribution < 1.29 is 5.11 Å².